The highest BCUT2D eigenvalue weighted by Gasteiger charge is 2.33. The first kappa shape index (κ1) is 17.5. The maximum atomic E-state index is 14.4. The zero-order valence-corrected chi connectivity index (χ0v) is 15.2. The fourth-order valence-corrected chi connectivity index (χ4v) is 4.94. The minimum atomic E-state index is -3.93. The quantitative estimate of drug-likeness (QED) is 0.834. The molecule has 1 aliphatic heterocycles. The summed E-state index contributed by atoms with van der Waals surface area (Å²) in [6, 6.07) is 7.69. The number of rotatable bonds is 4. The molecule has 0 unspecified atom stereocenters. The van der Waals surface area contributed by atoms with Crippen LogP contribution in [0.15, 0.2) is 35.2 Å². The lowest BCUT2D eigenvalue weighted by Gasteiger charge is -2.31. The van der Waals surface area contributed by atoms with Gasteiger partial charge in [-0.15, -0.1) is 0 Å². The predicted molar refractivity (Wildman–Crippen MR) is 93.5 cm³/mol. The van der Waals surface area contributed by atoms with Gasteiger partial charge in [0.15, 0.2) is 11.5 Å². The second-order valence-electron chi connectivity index (χ2n) is 5.90. The average Bonchev–Trinajstić information content (AvgIpc) is 2.61. The van der Waals surface area contributed by atoms with Crippen LogP contribution in [0.2, 0.25) is 0 Å². The Bertz CT molecular complexity index is 912. The molecule has 1 aliphatic rings. The summed E-state index contributed by atoms with van der Waals surface area (Å²) in [4.78, 5) is 0.0845. The first-order valence-corrected chi connectivity index (χ1v) is 9.37. The van der Waals surface area contributed by atoms with Gasteiger partial charge in [0.05, 0.1) is 24.8 Å². The number of ether oxygens (including phenoxy) is 2. The number of fused-ring (bicyclic) bond motifs is 1. The first-order valence-electron chi connectivity index (χ1n) is 7.93. The highest BCUT2D eigenvalue weighted by atomic mass is 32.2. The minimum Gasteiger partial charge on any atom is -0.493 e. The van der Waals surface area contributed by atoms with Crippen LogP contribution in [0.4, 0.5) is 10.1 Å². The molecule has 2 aromatic carbocycles. The number of aryl methyl sites for hydroxylation is 2. The van der Waals surface area contributed by atoms with E-state index in [-0.39, 0.29) is 17.1 Å². The van der Waals surface area contributed by atoms with Crippen LogP contribution in [0.1, 0.15) is 17.5 Å². The van der Waals surface area contributed by atoms with Crippen LogP contribution >= 0.6 is 0 Å². The third-order valence-electron chi connectivity index (χ3n) is 4.38. The van der Waals surface area contributed by atoms with Crippen molar-refractivity contribution in [3.8, 4) is 11.5 Å². The van der Waals surface area contributed by atoms with E-state index >= 15 is 0 Å². The van der Waals surface area contributed by atoms with E-state index in [1.165, 1.54) is 26.4 Å². The summed E-state index contributed by atoms with van der Waals surface area (Å²) < 4.78 is 52.5. The van der Waals surface area contributed by atoms with Gasteiger partial charge in [0, 0.05) is 12.6 Å². The van der Waals surface area contributed by atoms with Gasteiger partial charge in [0.25, 0.3) is 10.0 Å². The summed E-state index contributed by atoms with van der Waals surface area (Å²) >= 11 is 0. The molecule has 134 valence electrons. The summed E-state index contributed by atoms with van der Waals surface area (Å²) in [6.45, 7) is 1.92. The minimum absolute atomic E-state index is 0.0845. The molecule has 3 rings (SSSR count). The summed E-state index contributed by atoms with van der Waals surface area (Å²) in [5.74, 6) is 0.237. The van der Waals surface area contributed by atoms with E-state index in [0.29, 0.717) is 35.5 Å². The Balaban J connectivity index is 2.17. The molecule has 1 heterocycles. The van der Waals surface area contributed by atoms with Gasteiger partial charge in [-0.25, -0.2) is 12.8 Å². The van der Waals surface area contributed by atoms with Crippen molar-refractivity contribution < 1.29 is 22.3 Å². The van der Waals surface area contributed by atoms with Crippen molar-refractivity contribution in [2.24, 2.45) is 0 Å². The van der Waals surface area contributed by atoms with E-state index in [0.717, 1.165) is 4.31 Å². The average molecular weight is 365 g/mol. The van der Waals surface area contributed by atoms with Crippen molar-refractivity contribution in [2.75, 3.05) is 25.1 Å². The number of para-hydroxylation sites is 1. The highest BCUT2D eigenvalue weighted by Crippen LogP contribution is 2.38. The molecule has 0 saturated heterocycles. The molecule has 0 aliphatic carbocycles. The van der Waals surface area contributed by atoms with Gasteiger partial charge in [-0.2, -0.15) is 0 Å². The maximum absolute atomic E-state index is 14.4. The first-order chi connectivity index (χ1) is 11.9. The summed E-state index contributed by atoms with van der Waals surface area (Å²) in [7, 11) is -0.997. The number of anilines is 1. The third kappa shape index (κ3) is 2.93. The molecule has 2 aromatic rings. The van der Waals surface area contributed by atoms with Crippen molar-refractivity contribution in [2.45, 2.75) is 24.7 Å². The molecule has 0 aromatic heterocycles. The van der Waals surface area contributed by atoms with E-state index in [4.69, 9.17) is 9.47 Å². The largest absolute Gasteiger partial charge is 0.493 e. The van der Waals surface area contributed by atoms with Crippen molar-refractivity contribution in [1.29, 1.82) is 0 Å². The lowest BCUT2D eigenvalue weighted by atomic mass is 10.0. The lowest BCUT2D eigenvalue weighted by molar-refractivity contribution is 0.353. The van der Waals surface area contributed by atoms with Gasteiger partial charge in [0.2, 0.25) is 0 Å². The van der Waals surface area contributed by atoms with Gasteiger partial charge in [-0.05, 0) is 43.0 Å². The SMILES string of the molecule is COc1cc(C)c(S(=O)(=O)N2CCCc3cccc(F)c32)cc1OC. The predicted octanol–water partition coefficient (Wildman–Crippen LogP) is 3.29. The smallest absolute Gasteiger partial charge is 0.264 e. The van der Waals surface area contributed by atoms with Crippen LogP contribution in [0.3, 0.4) is 0 Å². The second kappa shape index (κ2) is 6.55. The van der Waals surface area contributed by atoms with Crippen LogP contribution in [-0.4, -0.2) is 29.2 Å². The Morgan fingerprint density at radius 3 is 2.48 bits per heavy atom. The van der Waals surface area contributed by atoms with E-state index in [2.05, 4.69) is 0 Å². The summed E-state index contributed by atoms with van der Waals surface area (Å²) in [6.07, 6.45) is 1.30. The summed E-state index contributed by atoms with van der Waals surface area (Å²) in [5, 5.41) is 0. The fourth-order valence-electron chi connectivity index (χ4n) is 3.16. The topological polar surface area (TPSA) is 55.8 Å². The Labute approximate surface area is 147 Å². The van der Waals surface area contributed by atoms with E-state index < -0.39 is 15.8 Å². The number of hydrogen-bond donors (Lipinski definition) is 0. The second-order valence-corrected chi connectivity index (χ2v) is 7.73. The molecule has 7 heteroatoms. The van der Waals surface area contributed by atoms with Crippen molar-refractivity contribution in [3.05, 3.63) is 47.3 Å². The molecule has 0 bridgehead atoms. The summed E-state index contributed by atoms with van der Waals surface area (Å²) in [5.41, 5.74) is 1.36. The number of nitrogens with zero attached hydrogens (tertiary/aromatic N) is 1. The Morgan fingerprint density at radius 2 is 1.80 bits per heavy atom. The van der Waals surface area contributed by atoms with Crippen LogP contribution in [0.5, 0.6) is 11.5 Å². The maximum Gasteiger partial charge on any atom is 0.264 e. The Kier molecular flexibility index (Phi) is 4.60. The number of methoxy groups -OCH3 is 2. The molecule has 0 atom stereocenters. The molecule has 5 nitrogen and oxygen atoms in total. The number of sulfonamides is 1. The molecule has 0 fully saturated rings. The Hall–Kier alpha value is -2.28. The van der Waals surface area contributed by atoms with Gasteiger partial charge >= 0.3 is 0 Å². The molecule has 0 N–H and O–H groups in total. The van der Waals surface area contributed by atoms with Gasteiger partial charge < -0.3 is 9.47 Å². The van der Waals surface area contributed by atoms with Crippen LogP contribution in [-0.2, 0) is 16.4 Å². The van der Waals surface area contributed by atoms with Crippen LogP contribution < -0.4 is 13.8 Å². The standard InChI is InChI=1S/C18H20FNO4S/c1-12-10-15(23-2)16(24-3)11-17(12)25(21,22)20-9-5-7-13-6-4-8-14(19)18(13)20/h4,6,8,10-11H,5,7,9H2,1-3H3. The van der Waals surface area contributed by atoms with Crippen molar-refractivity contribution >= 4 is 15.7 Å². The Morgan fingerprint density at radius 1 is 1.12 bits per heavy atom. The zero-order chi connectivity index (χ0) is 18.2. The normalized spacial score (nSPS) is 14.2. The van der Waals surface area contributed by atoms with Crippen LogP contribution in [0.25, 0.3) is 0 Å². The molecule has 0 amide bonds. The molecule has 25 heavy (non-hydrogen) atoms. The number of halogens is 1. The number of benzene rings is 2. The van der Waals surface area contributed by atoms with E-state index in [1.54, 1.807) is 25.1 Å². The van der Waals surface area contributed by atoms with E-state index in [1.807, 2.05) is 0 Å². The fraction of sp³-hybridized carbons (Fsp3) is 0.333. The molecular weight excluding hydrogens is 345 g/mol. The lowest BCUT2D eigenvalue weighted by Crippen LogP contribution is -2.36. The monoisotopic (exact) mass is 365 g/mol. The highest BCUT2D eigenvalue weighted by molar-refractivity contribution is 7.92. The molecule has 0 radical (unpaired) electrons. The van der Waals surface area contributed by atoms with Crippen LogP contribution in [0, 0.1) is 12.7 Å². The van der Waals surface area contributed by atoms with Gasteiger partial charge in [0.1, 0.15) is 5.82 Å². The van der Waals surface area contributed by atoms with Crippen molar-refractivity contribution in [1.82, 2.24) is 0 Å². The van der Waals surface area contributed by atoms with Crippen molar-refractivity contribution in [3.63, 3.8) is 0 Å². The molecule has 0 spiro atoms. The molecular formula is C18H20FNO4S. The zero-order valence-electron chi connectivity index (χ0n) is 14.4. The molecule has 0 saturated carbocycles. The van der Waals surface area contributed by atoms with Gasteiger partial charge in [-0.1, -0.05) is 12.1 Å². The number of hydrogen-bond acceptors (Lipinski definition) is 4. The van der Waals surface area contributed by atoms with Gasteiger partial charge in [-0.3, -0.25) is 4.31 Å². The third-order valence-corrected chi connectivity index (χ3v) is 6.32. The van der Waals surface area contributed by atoms with E-state index in [9.17, 15) is 12.8 Å².